The quantitative estimate of drug-likeness (QED) is 0.726. The van der Waals surface area contributed by atoms with Crippen molar-refractivity contribution in [3.05, 3.63) is 29.1 Å². The Labute approximate surface area is 99.6 Å². The van der Waals surface area contributed by atoms with Gasteiger partial charge in [-0.3, -0.25) is 0 Å². The Balaban J connectivity index is 1.97. The molecule has 0 atom stereocenters. The van der Waals surface area contributed by atoms with E-state index in [0.717, 1.165) is 22.0 Å². The van der Waals surface area contributed by atoms with Gasteiger partial charge in [0.1, 0.15) is 5.52 Å². The van der Waals surface area contributed by atoms with Crippen LogP contribution >= 0.6 is 11.6 Å². The Kier molecular flexibility index (Phi) is 2.60. The van der Waals surface area contributed by atoms with Crippen LogP contribution in [0.4, 0.5) is 0 Å². The third kappa shape index (κ3) is 1.82. The van der Waals surface area contributed by atoms with E-state index in [2.05, 4.69) is 4.98 Å². The third-order valence-electron chi connectivity index (χ3n) is 3.32. The molecule has 3 heteroatoms. The summed E-state index contributed by atoms with van der Waals surface area (Å²) in [7, 11) is 0. The van der Waals surface area contributed by atoms with Gasteiger partial charge in [-0.1, -0.05) is 30.9 Å². The van der Waals surface area contributed by atoms with Crippen molar-refractivity contribution in [1.82, 2.24) is 4.98 Å². The predicted molar refractivity (Wildman–Crippen MR) is 64.8 cm³/mol. The second-order valence-corrected chi connectivity index (χ2v) is 4.94. The molecule has 2 aromatic rings. The van der Waals surface area contributed by atoms with E-state index in [9.17, 15) is 0 Å². The first-order chi connectivity index (χ1) is 7.83. The molecule has 0 spiro atoms. The molecule has 0 amide bonds. The SMILES string of the molecule is Clc1ccc2oc(C3CCCCC3)nc2c1. The highest BCUT2D eigenvalue weighted by Crippen LogP contribution is 2.34. The van der Waals surface area contributed by atoms with Gasteiger partial charge in [-0.15, -0.1) is 0 Å². The van der Waals surface area contributed by atoms with Gasteiger partial charge in [-0.2, -0.15) is 0 Å². The number of nitrogens with zero attached hydrogens (tertiary/aromatic N) is 1. The molecule has 1 aromatic carbocycles. The van der Waals surface area contributed by atoms with Gasteiger partial charge < -0.3 is 4.42 Å². The molecule has 0 radical (unpaired) electrons. The zero-order valence-corrected chi connectivity index (χ0v) is 9.83. The maximum Gasteiger partial charge on any atom is 0.198 e. The topological polar surface area (TPSA) is 26.0 Å². The average molecular weight is 236 g/mol. The summed E-state index contributed by atoms with van der Waals surface area (Å²) in [6.07, 6.45) is 6.36. The summed E-state index contributed by atoms with van der Waals surface area (Å²) in [6.45, 7) is 0. The van der Waals surface area contributed by atoms with Gasteiger partial charge in [-0.05, 0) is 31.0 Å². The fourth-order valence-corrected chi connectivity index (χ4v) is 2.61. The molecule has 0 aliphatic heterocycles. The number of aromatic nitrogens is 1. The minimum atomic E-state index is 0.514. The molecular formula is C13H14ClNO. The van der Waals surface area contributed by atoms with Gasteiger partial charge in [0, 0.05) is 10.9 Å². The zero-order chi connectivity index (χ0) is 11.0. The second kappa shape index (κ2) is 4.10. The van der Waals surface area contributed by atoms with Gasteiger partial charge in [0.15, 0.2) is 11.5 Å². The van der Waals surface area contributed by atoms with Crippen LogP contribution in [0.3, 0.4) is 0 Å². The van der Waals surface area contributed by atoms with Crippen molar-refractivity contribution < 1.29 is 4.42 Å². The normalized spacial score (nSPS) is 18.1. The fraction of sp³-hybridized carbons (Fsp3) is 0.462. The first-order valence-corrected chi connectivity index (χ1v) is 6.27. The van der Waals surface area contributed by atoms with Crippen LogP contribution in [0.25, 0.3) is 11.1 Å². The lowest BCUT2D eigenvalue weighted by atomic mass is 9.89. The van der Waals surface area contributed by atoms with Crippen molar-refractivity contribution in [3.63, 3.8) is 0 Å². The van der Waals surface area contributed by atoms with Crippen LogP contribution in [-0.4, -0.2) is 4.98 Å². The van der Waals surface area contributed by atoms with E-state index in [1.165, 1.54) is 32.1 Å². The first kappa shape index (κ1) is 10.2. The molecule has 2 nitrogen and oxygen atoms in total. The Morgan fingerprint density at radius 3 is 2.81 bits per heavy atom. The molecule has 1 fully saturated rings. The van der Waals surface area contributed by atoms with Crippen molar-refractivity contribution in [2.75, 3.05) is 0 Å². The lowest BCUT2D eigenvalue weighted by Crippen LogP contribution is -2.04. The number of fused-ring (bicyclic) bond motifs is 1. The fourth-order valence-electron chi connectivity index (χ4n) is 2.44. The van der Waals surface area contributed by atoms with Crippen LogP contribution in [0.15, 0.2) is 22.6 Å². The summed E-state index contributed by atoms with van der Waals surface area (Å²) >= 11 is 5.93. The smallest absolute Gasteiger partial charge is 0.198 e. The molecule has 84 valence electrons. The summed E-state index contributed by atoms with van der Waals surface area (Å²) in [4.78, 5) is 4.55. The Morgan fingerprint density at radius 1 is 1.19 bits per heavy atom. The molecule has 1 aromatic heterocycles. The number of halogens is 1. The number of hydrogen-bond acceptors (Lipinski definition) is 2. The van der Waals surface area contributed by atoms with E-state index in [1.54, 1.807) is 0 Å². The van der Waals surface area contributed by atoms with Crippen LogP contribution in [0, 0.1) is 0 Å². The van der Waals surface area contributed by atoms with Gasteiger partial charge in [0.2, 0.25) is 0 Å². The molecule has 16 heavy (non-hydrogen) atoms. The van der Waals surface area contributed by atoms with E-state index < -0.39 is 0 Å². The van der Waals surface area contributed by atoms with Crippen LogP contribution in [0.5, 0.6) is 0 Å². The monoisotopic (exact) mass is 235 g/mol. The standard InChI is InChI=1S/C13H14ClNO/c14-10-6-7-12-11(8-10)15-13(16-12)9-4-2-1-3-5-9/h6-9H,1-5H2. The molecule has 0 bridgehead atoms. The summed E-state index contributed by atoms with van der Waals surface area (Å²) in [5, 5.41) is 0.719. The van der Waals surface area contributed by atoms with Gasteiger partial charge >= 0.3 is 0 Å². The van der Waals surface area contributed by atoms with E-state index in [0.29, 0.717) is 5.92 Å². The van der Waals surface area contributed by atoms with E-state index >= 15 is 0 Å². The summed E-state index contributed by atoms with van der Waals surface area (Å²) in [5.41, 5.74) is 1.73. The van der Waals surface area contributed by atoms with Crippen LogP contribution in [0.2, 0.25) is 5.02 Å². The summed E-state index contributed by atoms with van der Waals surface area (Å²) in [6, 6.07) is 5.61. The lowest BCUT2D eigenvalue weighted by Gasteiger charge is -2.17. The molecule has 1 aliphatic carbocycles. The van der Waals surface area contributed by atoms with Crippen molar-refractivity contribution in [1.29, 1.82) is 0 Å². The van der Waals surface area contributed by atoms with Crippen molar-refractivity contribution in [2.45, 2.75) is 38.0 Å². The molecule has 0 unspecified atom stereocenters. The van der Waals surface area contributed by atoms with E-state index in [-0.39, 0.29) is 0 Å². The number of benzene rings is 1. The lowest BCUT2D eigenvalue weighted by molar-refractivity contribution is 0.373. The highest BCUT2D eigenvalue weighted by Gasteiger charge is 2.20. The van der Waals surface area contributed by atoms with Crippen LogP contribution < -0.4 is 0 Å². The van der Waals surface area contributed by atoms with Crippen molar-refractivity contribution >= 4 is 22.7 Å². The van der Waals surface area contributed by atoms with Crippen LogP contribution in [0.1, 0.15) is 43.9 Å². The van der Waals surface area contributed by atoms with E-state index in [1.807, 2.05) is 18.2 Å². The minimum Gasteiger partial charge on any atom is -0.440 e. The summed E-state index contributed by atoms with van der Waals surface area (Å²) < 4.78 is 5.79. The predicted octanol–water partition coefficient (Wildman–Crippen LogP) is 4.53. The molecule has 1 saturated carbocycles. The Morgan fingerprint density at radius 2 is 2.00 bits per heavy atom. The Bertz CT molecular complexity index is 500. The zero-order valence-electron chi connectivity index (χ0n) is 9.08. The van der Waals surface area contributed by atoms with Crippen LogP contribution in [-0.2, 0) is 0 Å². The molecule has 0 N–H and O–H groups in total. The Hall–Kier alpha value is -1.02. The molecule has 3 rings (SSSR count). The molecule has 1 aliphatic rings. The maximum atomic E-state index is 5.93. The summed E-state index contributed by atoms with van der Waals surface area (Å²) in [5.74, 6) is 1.41. The highest BCUT2D eigenvalue weighted by atomic mass is 35.5. The maximum absolute atomic E-state index is 5.93. The van der Waals surface area contributed by atoms with Gasteiger partial charge in [0.05, 0.1) is 0 Å². The highest BCUT2D eigenvalue weighted by molar-refractivity contribution is 6.31. The van der Waals surface area contributed by atoms with E-state index in [4.69, 9.17) is 16.0 Å². The third-order valence-corrected chi connectivity index (χ3v) is 3.56. The largest absolute Gasteiger partial charge is 0.440 e. The van der Waals surface area contributed by atoms with Gasteiger partial charge in [0.25, 0.3) is 0 Å². The van der Waals surface area contributed by atoms with Crippen molar-refractivity contribution in [3.8, 4) is 0 Å². The number of hydrogen-bond donors (Lipinski definition) is 0. The van der Waals surface area contributed by atoms with Gasteiger partial charge in [-0.25, -0.2) is 4.98 Å². The number of oxazole rings is 1. The minimum absolute atomic E-state index is 0.514. The molecule has 1 heterocycles. The molecular weight excluding hydrogens is 222 g/mol. The average Bonchev–Trinajstić information content (AvgIpc) is 2.73. The van der Waals surface area contributed by atoms with Crippen molar-refractivity contribution in [2.24, 2.45) is 0 Å². The molecule has 0 saturated heterocycles. The first-order valence-electron chi connectivity index (χ1n) is 5.89. The second-order valence-electron chi connectivity index (χ2n) is 4.50. The number of rotatable bonds is 1.